The lowest BCUT2D eigenvalue weighted by Crippen LogP contribution is -2.03. The Morgan fingerprint density at radius 2 is 1.92 bits per heavy atom. The molecule has 0 nitrogen and oxygen atoms in total. The Morgan fingerprint density at radius 3 is 2.38 bits per heavy atom. The van der Waals surface area contributed by atoms with E-state index < -0.39 is 0 Å². The van der Waals surface area contributed by atoms with Crippen LogP contribution in [0.3, 0.4) is 0 Å². The van der Waals surface area contributed by atoms with Crippen LogP contribution in [0, 0.1) is 29.6 Å². The van der Waals surface area contributed by atoms with Crippen molar-refractivity contribution < 1.29 is 0 Å². The van der Waals surface area contributed by atoms with Crippen molar-refractivity contribution >= 4 is 0 Å². The van der Waals surface area contributed by atoms with Gasteiger partial charge in [-0.1, -0.05) is 40.0 Å². The minimum absolute atomic E-state index is 1.06. The summed E-state index contributed by atoms with van der Waals surface area (Å²) in [4.78, 5) is 0. The average Bonchev–Trinajstić information content (AvgIpc) is 2.96. The monoisotopic (exact) mass is 180 g/mol. The van der Waals surface area contributed by atoms with Gasteiger partial charge in [0.2, 0.25) is 0 Å². The molecule has 2 rings (SSSR count). The molecular weight excluding hydrogens is 156 g/mol. The summed E-state index contributed by atoms with van der Waals surface area (Å²) in [7, 11) is 0. The van der Waals surface area contributed by atoms with Crippen LogP contribution in [0.25, 0.3) is 0 Å². The standard InChI is InChI=1S/C13H24/c1-4-6-10(5-2)12-9(3)13(12)11-7-8-11/h9-13H,4-8H2,1-3H3. The minimum Gasteiger partial charge on any atom is -0.0654 e. The molecule has 0 heterocycles. The highest BCUT2D eigenvalue weighted by Crippen LogP contribution is 2.62. The Bertz CT molecular complexity index is 169. The van der Waals surface area contributed by atoms with E-state index >= 15 is 0 Å². The molecule has 2 aliphatic rings. The second-order valence-corrected chi connectivity index (χ2v) is 5.31. The van der Waals surface area contributed by atoms with E-state index in [4.69, 9.17) is 0 Å². The van der Waals surface area contributed by atoms with E-state index in [9.17, 15) is 0 Å². The van der Waals surface area contributed by atoms with Crippen LogP contribution in [-0.2, 0) is 0 Å². The highest BCUT2D eigenvalue weighted by molar-refractivity contribution is 5.04. The molecule has 13 heavy (non-hydrogen) atoms. The van der Waals surface area contributed by atoms with Gasteiger partial charge in [-0.2, -0.15) is 0 Å². The molecule has 0 aromatic heterocycles. The Balaban J connectivity index is 1.85. The van der Waals surface area contributed by atoms with Crippen molar-refractivity contribution in [3.8, 4) is 0 Å². The van der Waals surface area contributed by atoms with Crippen LogP contribution < -0.4 is 0 Å². The maximum atomic E-state index is 2.49. The second kappa shape index (κ2) is 3.63. The first kappa shape index (κ1) is 9.55. The van der Waals surface area contributed by atoms with Gasteiger partial charge in [-0.3, -0.25) is 0 Å². The molecule has 0 amide bonds. The first-order chi connectivity index (χ1) is 6.29. The zero-order chi connectivity index (χ0) is 9.42. The van der Waals surface area contributed by atoms with Gasteiger partial charge in [0, 0.05) is 0 Å². The fourth-order valence-electron chi connectivity index (χ4n) is 3.53. The molecule has 76 valence electrons. The van der Waals surface area contributed by atoms with Crippen LogP contribution in [0.1, 0.15) is 52.9 Å². The van der Waals surface area contributed by atoms with Gasteiger partial charge in [-0.15, -0.1) is 0 Å². The fourth-order valence-corrected chi connectivity index (χ4v) is 3.53. The molecule has 0 N–H and O–H groups in total. The number of rotatable bonds is 5. The third-order valence-electron chi connectivity index (χ3n) is 4.41. The van der Waals surface area contributed by atoms with Crippen molar-refractivity contribution in [3.05, 3.63) is 0 Å². The molecule has 0 radical (unpaired) electrons. The lowest BCUT2D eigenvalue weighted by molar-refractivity contribution is 0.373. The van der Waals surface area contributed by atoms with Crippen molar-refractivity contribution in [3.63, 3.8) is 0 Å². The van der Waals surface area contributed by atoms with Crippen LogP contribution in [0.4, 0.5) is 0 Å². The number of hydrogen-bond donors (Lipinski definition) is 0. The number of hydrogen-bond acceptors (Lipinski definition) is 0. The summed E-state index contributed by atoms with van der Waals surface area (Å²) in [5, 5.41) is 0. The molecule has 0 aliphatic heterocycles. The largest absolute Gasteiger partial charge is 0.0654 e. The zero-order valence-electron chi connectivity index (χ0n) is 9.42. The summed E-state index contributed by atoms with van der Waals surface area (Å²) >= 11 is 0. The highest BCUT2D eigenvalue weighted by atomic mass is 14.6. The Morgan fingerprint density at radius 1 is 1.23 bits per heavy atom. The Hall–Kier alpha value is 0. The second-order valence-electron chi connectivity index (χ2n) is 5.31. The van der Waals surface area contributed by atoms with E-state index in [1.807, 2.05) is 0 Å². The smallest absolute Gasteiger partial charge is 0.0323 e. The van der Waals surface area contributed by atoms with Crippen LogP contribution in [0.5, 0.6) is 0 Å². The van der Waals surface area contributed by atoms with Crippen LogP contribution in [-0.4, -0.2) is 0 Å². The normalized spacial score (nSPS) is 40.4. The van der Waals surface area contributed by atoms with Crippen LogP contribution in [0.2, 0.25) is 0 Å². The maximum Gasteiger partial charge on any atom is -0.0323 e. The highest BCUT2D eigenvalue weighted by Gasteiger charge is 2.56. The van der Waals surface area contributed by atoms with Crippen LogP contribution in [0.15, 0.2) is 0 Å². The van der Waals surface area contributed by atoms with Crippen molar-refractivity contribution in [1.29, 1.82) is 0 Å². The summed E-state index contributed by atoms with van der Waals surface area (Å²) < 4.78 is 0. The molecule has 2 aliphatic carbocycles. The molecule has 0 saturated heterocycles. The van der Waals surface area contributed by atoms with E-state index in [0.29, 0.717) is 0 Å². The molecule has 0 heteroatoms. The first-order valence-corrected chi connectivity index (χ1v) is 6.29. The van der Waals surface area contributed by atoms with E-state index in [1.165, 1.54) is 19.3 Å². The predicted octanol–water partition coefficient (Wildman–Crippen LogP) is 4.10. The predicted molar refractivity (Wildman–Crippen MR) is 57.6 cm³/mol. The van der Waals surface area contributed by atoms with Crippen molar-refractivity contribution in [2.45, 2.75) is 52.9 Å². The molecule has 0 aromatic carbocycles. The van der Waals surface area contributed by atoms with Gasteiger partial charge in [-0.05, 0) is 42.4 Å². The molecule has 0 aromatic rings. The van der Waals surface area contributed by atoms with E-state index in [0.717, 1.165) is 29.6 Å². The summed E-state index contributed by atoms with van der Waals surface area (Å²) in [5.41, 5.74) is 0. The summed E-state index contributed by atoms with van der Waals surface area (Å²) in [6.07, 6.45) is 7.39. The van der Waals surface area contributed by atoms with E-state index in [1.54, 1.807) is 12.8 Å². The van der Waals surface area contributed by atoms with E-state index in [-0.39, 0.29) is 0 Å². The SMILES string of the molecule is CCCC(CC)C1C(C)C1C1CC1. The zero-order valence-corrected chi connectivity index (χ0v) is 9.42. The lowest BCUT2D eigenvalue weighted by atomic mass is 9.93. The topological polar surface area (TPSA) is 0 Å². The fraction of sp³-hybridized carbons (Fsp3) is 1.00. The Labute approximate surface area is 83.1 Å². The molecule has 4 atom stereocenters. The molecule has 0 bridgehead atoms. The van der Waals surface area contributed by atoms with Crippen molar-refractivity contribution in [1.82, 2.24) is 0 Å². The Kier molecular flexibility index (Phi) is 2.67. The first-order valence-electron chi connectivity index (χ1n) is 6.29. The molecule has 2 fully saturated rings. The third-order valence-corrected chi connectivity index (χ3v) is 4.41. The lowest BCUT2D eigenvalue weighted by Gasteiger charge is -2.13. The van der Waals surface area contributed by atoms with Gasteiger partial charge < -0.3 is 0 Å². The summed E-state index contributed by atoms with van der Waals surface area (Å²) in [5.74, 6) is 5.56. The van der Waals surface area contributed by atoms with Gasteiger partial charge in [-0.25, -0.2) is 0 Å². The summed E-state index contributed by atoms with van der Waals surface area (Å²) in [6, 6.07) is 0. The van der Waals surface area contributed by atoms with E-state index in [2.05, 4.69) is 20.8 Å². The van der Waals surface area contributed by atoms with Gasteiger partial charge in [0.05, 0.1) is 0 Å². The quantitative estimate of drug-likeness (QED) is 0.597. The van der Waals surface area contributed by atoms with Crippen molar-refractivity contribution in [2.75, 3.05) is 0 Å². The van der Waals surface area contributed by atoms with Crippen LogP contribution >= 0.6 is 0 Å². The summed E-state index contributed by atoms with van der Waals surface area (Å²) in [6.45, 7) is 7.21. The maximum absolute atomic E-state index is 2.49. The van der Waals surface area contributed by atoms with Gasteiger partial charge in [0.15, 0.2) is 0 Å². The molecule has 0 spiro atoms. The van der Waals surface area contributed by atoms with Gasteiger partial charge >= 0.3 is 0 Å². The van der Waals surface area contributed by atoms with Gasteiger partial charge in [0.1, 0.15) is 0 Å². The third kappa shape index (κ3) is 1.78. The average molecular weight is 180 g/mol. The minimum atomic E-state index is 1.06. The molecule has 4 unspecified atom stereocenters. The molecule has 2 saturated carbocycles. The van der Waals surface area contributed by atoms with Gasteiger partial charge in [0.25, 0.3) is 0 Å². The van der Waals surface area contributed by atoms with Crippen molar-refractivity contribution in [2.24, 2.45) is 29.6 Å². The molecular formula is C13H24.